The van der Waals surface area contributed by atoms with Crippen molar-refractivity contribution in [3.8, 4) is 0 Å². The molecule has 0 saturated carbocycles. The van der Waals surface area contributed by atoms with Gasteiger partial charge < -0.3 is 14.4 Å². The molecule has 0 aromatic rings. The number of nitrogens with zero attached hydrogens (tertiary/aromatic N) is 2. The first-order chi connectivity index (χ1) is 10.7. The van der Waals surface area contributed by atoms with E-state index in [1.54, 1.807) is 7.11 Å². The highest BCUT2D eigenvalue weighted by Gasteiger charge is 2.42. The number of ether oxygens (including phenoxy) is 2. The molecule has 0 bridgehead atoms. The van der Waals surface area contributed by atoms with Crippen LogP contribution >= 0.6 is 0 Å². The highest BCUT2D eigenvalue weighted by atomic mass is 16.5. The minimum atomic E-state index is 0.311. The summed E-state index contributed by atoms with van der Waals surface area (Å²) in [5, 5.41) is 0. The summed E-state index contributed by atoms with van der Waals surface area (Å²) in [5.74, 6) is 0.311. The normalized spacial score (nSPS) is 31.9. The van der Waals surface area contributed by atoms with Gasteiger partial charge in [-0.15, -0.1) is 0 Å². The van der Waals surface area contributed by atoms with Crippen LogP contribution in [0, 0.1) is 5.41 Å². The maximum Gasteiger partial charge on any atom is 0.222 e. The second kappa shape index (κ2) is 7.28. The molecule has 3 aliphatic rings. The molecule has 1 spiro atoms. The maximum absolute atomic E-state index is 12.1. The fraction of sp³-hybridized carbons (Fsp3) is 0.941. The van der Waals surface area contributed by atoms with E-state index >= 15 is 0 Å². The van der Waals surface area contributed by atoms with E-state index in [0.717, 1.165) is 39.3 Å². The predicted molar refractivity (Wildman–Crippen MR) is 84.8 cm³/mol. The van der Waals surface area contributed by atoms with Crippen LogP contribution in [0.5, 0.6) is 0 Å². The monoisotopic (exact) mass is 310 g/mol. The van der Waals surface area contributed by atoms with Crippen LogP contribution in [-0.2, 0) is 14.3 Å². The highest BCUT2D eigenvalue weighted by molar-refractivity contribution is 5.77. The van der Waals surface area contributed by atoms with Crippen molar-refractivity contribution >= 4 is 5.91 Å². The summed E-state index contributed by atoms with van der Waals surface area (Å²) in [4.78, 5) is 16.9. The van der Waals surface area contributed by atoms with Gasteiger partial charge in [0.1, 0.15) is 0 Å². The molecule has 126 valence electrons. The van der Waals surface area contributed by atoms with Crippen LogP contribution in [0.15, 0.2) is 0 Å². The molecule has 0 aromatic heterocycles. The molecule has 0 aromatic carbocycles. The van der Waals surface area contributed by atoms with Crippen molar-refractivity contribution in [1.29, 1.82) is 0 Å². The Hall–Kier alpha value is -0.650. The Labute approximate surface area is 133 Å². The fourth-order valence-corrected chi connectivity index (χ4v) is 4.45. The molecule has 0 aliphatic carbocycles. The topological polar surface area (TPSA) is 42.0 Å². The van der Waals surface area contributed by atoms with Gasteiger partial charge >= 0.3 is 0 Å². The standard InChI is InChI=1S/C17H30N2O3/c1-21-12-9-19-14-17(7-3-16(19)20)6-2-8-18(13-17)15-4-10-22-11-5-15/h15H,2-14H2,1H3/t17-/m0/s1. The van der Waals surface area contributed by atoms with Crippen molar-refractivity contribution < 1.29 is 14.3 Å². The van der Waals surface area contributed by atoms with E-state index in [2.05, 4.69) is 4.90 Å². The van der Waals surface area contributed by atoms with Crippen molar-refractivity contribution in [2.24, 2.45) is 5.41 Å². The van der Waals surface area contributed by atoms with Gasteiger partial charge in [0.25, 0.3) is 0 Å². The quantitative estimate of drug-likeness (QED) is 0.789. The van der Waals surface area contributed by atoms with E-state index in [4.69, 9.17) is 9.47 Å². The molecule has 3 aliphatic heterocycles. The molecule has 3 fully saturated rings. The van der Waals surface area contributed by atoms with E-state index in [0.29, 0.717) is 30.4 Å². The third kappa shape index (κ3) is 3.63. The van der Waals surface area contributed by atoms with Crippen molar-refractivity contribution in [3.63, 3.8) is 0 Å². The number of likely N-dealkylation sites (tertiary alicyclic amines) is 2. The number of hydrogen-bond acceptors (Lipinski definition) is 4. The number of amides is 1. The molecule has 3 rings (SSSR count). The SMILES string of the molecule is COCCN1C[C@@]2(CCCN(C3CCOCC3)C2)CCC1=O. The van der Waals surface area contributed by atoms with Crippen molar-refractivity contribution in [3.05, 3.63) is 0 Å². The lowest BCUT2D eigenvalue weighted by atomic mass is 9.73. The van der Waals surface area contributed by atoms with Gasteiger partial charge in [-0.1, -0.05) is 0 Å². The summed E-state index contributed by atoms with van der Waals surface area (Å²) >= 11 is 0. The van der Waals surface area contributed by atoms with Gasteiger partial charge in [0.05, 0.1) is 6.61 Å². The summed E-state index contributed by atoms with van der Waals surface area (Å²) < 4.78 is 10.7. The Kier molecular flexibility index (Phi) is 5.37. The predicted octanol–water partition coefficient (Wildman–Crippen LogP) is 1.52. The molecule has 1 amide bonds. The minimum absolute atomic E-state index is 0.311. The lowest BCUT2D eigenvalue weighted by Gasteiger charge is -2.50. The molecule has 0 N–H and O–H groups in total. The minimum Gasteiger partial charge on any atom is -0.383 e. The number of piperidine rings is 2. The fourth-order valence-electron chi connectivity index (χ4n) is 4.45. The lowest BCUT2D eigenvalue weighted by Crippen LogP contribution is -2.56. The first-order valence-electron chi connectivity index (χ1n) is 8.81. The lowest BCUT2D eigenvalue weighted by molar-refractivity contribution is -0.140. The highest BCUT2D eigenvalue weighted by Crippen LogP contribution is 2.40. The summed E-state index contributed by atoms with van der Waals surface area (Å²) in [6, 6.07) is 0.691. The first kappa shape index (κ1) is 16.2. The summed E-state index contributed by atoms with van der Waals surface area (Å²) in [6.07, 6.45) is 6.65. The zero-order valence-corrected chi connectivity index (χ0v) is 13.9. The third-order valence-corrected chi connectivity index (χ3v) is 5.71. The maximum atomic E-state index is 12.1. The second-order valence-electron chi connectivity index (χ2n) is 7.23. The van der Waals surface area contributed by atoms with Gasteiger partial charge in [-0.05, 0) is 38.6 Å². The molecule has 3 heterocycles. The summed E-state index contributed by atoms with van der Waals surface area (Å²) in [6.45, 7) is 6.51. The first-order valence-corrected chi connectivity index (χ1v) is 8.81. The van der Waals surface area contributed by atoms with Gasteiger partial charge in [-0.25, -0.2) is 0 Å². The Morgan fingerprint density at radius 3 is 2.86 bits per heavy atom. The molecular formula is C17H30N2O3. The van der Waals surface area contributed by atoms with Crippen LogP contribution in [0.4, 0.5) is 0 Å². The third-order valence-electron chi connectivity index (χ3n) is 5.71. The summed E-state index contributed by atoms with van der Waals surface area (Å²) in [7, 11) is 1.71. The van der Waals surface area contributed by atoms with Crippen molar-refractivity contribution in [2.75, 3.05) is 53.1 Å². The Balaban J connectivity index is 1.62. The van der Waals surface area contributed by atoms with Crippen molar-refractivity contribution in [1.82, 2.24) is 9.80 Å². The van der Waals surface area contributed by atoms with Crippen LogP contribution in [0.3, 0.4) is 0 Å². The molecule has 22 heavy (non-hydrogen) atoms. The van der Waals surface area contributed by atoms with Gasteiger partial charge in [0, 0.05) is 57.8 Å². The van der Waals surface area contributed by atoms with Crippen LogP contribution in [0.1, 0.15) is 38.5 Å². The Morgan fingerprint density at radius 1 is 1.27 bits per heavy atom. The van der Waals surface area contributed by atoms with Crippen LogP contribution in [-0.4, -0.2) is 74.9 Å². The van der Waals surface area contributed by atoms with Crippen LogP contribution in [0.2, 0.25) is 0 Å². The Bertz CT molecular complexity index is 384. The molecule has 1 atom stereocenters. The average molecular weight is 310 g/mol. The smallest absolute Gasteiger partial charge is 0.222 e. The molecule has 0 radical (unpaired) electrons. The molecule has 3 saturated heterocycles. The van der Waals surface area contributed by atoms with Crippen LogP contribution < -0.4 is 0 Å². The number of carbonyl (C=O) groups excluding carboxylic acids is 1. The van der Waals surface area contributed by atoms with E-state index < -0.39 is 0 Å². The van der Waals surface area contributed by atoms with Gasteiger partial charge in [-0.2, -0.15) is 0 Å². The van der Waals surface area contributed by atoms with Gasteiger partial charge in [-0.3, -0.25) is 9.69 Å². The van der Waals surface area contributed by atoms with Gasteiger partial charge in [0.2, 0.25) is 5.91 Å². The number of rotatable bonds is 4. The van der Waals surface area contributed by atoms with Crippen molar-refractivity contribution in [2.45, 2.75) is 44.6 Å². The van der Waals surface area contributed by atoms with E-state index in [1.807, 2.05) is 4.90 Å². The van der Waals surface area contributed by atoms with Crippen LogP contribution in [0.25, 0.3) is 0 Å². The molecule has 5 nitrogen and oxygen atoms in total. The zero-order valence-electron chi connectivity index (χ0n) is 13.9. The zero-order chi connectivity index (χ0) is 15.4. The Morgan fingerprint density at radius 2 is 2.09 bits per heavy atom. The van der Waals surface area contributed by atoms with E-state index in [-0.39, 0.29) is 0 Å². The van der Waals surface area contributed by atoms with E-state index in [1.165, 1.54) is 32.2 Å². The molecule has 5 heteroatoms. The summed E-state index contributed by atoms with van der Waals surface area (Å²) in [5.41, 5.74) is 0.318. The largest absolute Gasteiger partial charge is 0.383 e. The molecule has 0 unspecified atom stereocenters. The number of methoxy groups -OCH3 is 1. The number of carbonyl (C=O) groups is 1. The second-order valence-corrected chi connectivity index (χ2v) is 7.23. The average Bonchev–Trinajstić information content (AvgIpc) is 2.57. The number of hydrogen-bond donors (Lipinski definition) is 0. The molecular weight excluding hydrogens is 280 g/mol. The van der Waals surface area contributed by atoms with E-state index in [9.17, 15) is 4.79 Å². The van der Waals surface area contributed by atoms with Gasteiger partial charge in [0.15, 0.2) is 0 Å².